The molecule has 1 aromatic carbocycles. The summed E-state index contributed by atoms with van der Waals surface area (Å²) in [6.45, 7) is 0. The van der Waals surface area contributed by atoms with E-state index in [1.807, 2.05) is 0 Å². The van der Waals surface area contributed by atoms with Crippen LogP contribution >= 0.6 is 11.8 Å². The maximum Gasteiger partial charge on any atom is 0.442 e. The fourth-order valence-electron chi connectivity index (χ4n) is 0.789. The molecule has 0 fully saturated rings. The first-order chi connectivity index (χ1) is 6.97. The van der Waals surface area contributed by atoms with Gasteiger partial charge in [-0.1, -0.05) is 11.8 Å². The van der Waals surface area contributed by atoms with Crippen LogP contribution in [-0.4, -0.2) is 11.3 Å². The standard InChI is InChI=1S/C10H6F4S/c11-9-5-3-8(4-6-9)2-1-7-15-10(12,13)14/h3-6H,7H2. The lowest BCUT2D eigenvalue weighted by molar-refractivity contribution is -0.0325. The molecule has 0 amide bonds. The second-order valence-electron chi connectivity index (χ2n) is 2.54. The molecule has 0 aliphatic rings. The van der Waals surface area contributed by atoms with E-state index in [1.165, 1.54) is 24.3 Å². The van der Waals surface area contributed by atoms with Crippen molar-refractivity contribution in [1.29, 1.82) is 0 Å². The van der Waals surface area contributed by atoms with Crippen LogP contribution in [0.1, 0.15) is 5.56 Å². The Labute approximate surface area is 88.7 Å². The molecule has 1 aromatic rings. The Balaban J connectivity index is 2.48. The van der Waals surface area contributed by atoms with Gasteiger partial charge in [0.15, 0.2) is 0 Å². The number of hydrogen-bond acceptors (Lipinski definition) is 1. The molecule has 0 aliphatic heterocycles. The number of alkyl halides is 3. The molecule has 15 heavy (non-hydrogen) atoms. The van der Waals surface area contributed by atoms with Crippen LogP contribution in [0.4, 0.5) is 17.6 Å². The quantitative estimate of drug-likeness (QED) is 0.530. The second-order valence-corrected chi connectivity index (χ2v) is 3.58. The number of hydrogen-bond donors (Lipinski definition) is 0. The highest BCUT2D eigenvalue weighted by molar-refractivity contribution is 8.00. The minimum absolute atomic E-state index is 0.192. The van der Waals surface area contributed by atoms with E-state index in [4.69, 9.17) is 0 Å². The minimum Gasteiger partial charge on any atom is -0.207 e. The van der Waals surface area contributed by atoms with Gasteiger partial charge < -0.3 is 0 Å². The molecule has 0 N–H and O–H groups in total. The SMILES string of the molecule is Fc1ccc(C#CCSC(F)(F)F)cc1. The maximum atomic E-state index is 12.4. The molecule has 80 valence electrons. The third kappa shape index (κ3) is 5.33. The molecule has 0 unspecified atom stereocenters. The molecule has 1 rings (SSSR count). The number of benzene rings is 1. The van der Waals surface area contributed by atoms with Gasteiger partial charge in [0.25, 0.3) is 0 Å². The van der Waals surface area contributed by atoms with Crippen molar-refractivity contribution in [3.63, 3.8) is 0 Å². The first kappa shape index (κ1) is 11.9. The Morgan fingerprint density at radius 1 is 1.13 bits per heavy atom. The molecule has 0 spiro atoms. The Kier molecular flexibility index (Phi) is 4.04. The Morgan fingerprint density at radius 2 is 1.73 bits per heavy atom. The molecule has 0 aliphatic carbocycles. The van der Waals surface area contributed by atoms with Crippen molar-refractivity contribution in [3.05, 3.63) is 35.6 Å². The summed E-state index contributed by atoms with van der Waals surface area (Å²) in [6, 6.07) is 5.25. The van der Waals surface area contributed by atoms with Crippen molar-refractivity contribution in [3.8, 4) is 11.8 Å². The average molecular weight is 234 g/mol. The number of thioether (sulfide) groups is 1. The van der Waals surface area contributed by atoms with Crippen LogP contribution in [-0.2, 0) is 0 Å². The van der Waals surface area contributed by atoms with Crippen LogP contribution in [0.25, 0.3) is 0 Å². The summed E-state index contributed by atoms with van der Waals surface area (Å²) < 4.78 is 47.5. The summed E-state index contributed by atoms with van der Waals surface area (Å²) in [4.78, 5) is 0. The molecule has 0 heterocycles. The molecule has 0 saturated heterocycles. The summed E-state index contributed by atoms with van der Waals surface area (Å²) in [5, 5.41) is 0. The fourth-order valence-corrected chi connectivity index (χ4v) is 1.10. The molecule has 0 aromatic heterocycles. The molecule has 0 radical (unpaired) electrons. The lowest BCUT2D eigenvalue weighted by atomic mass is 10.2. The summed E-state index contributed by atoms with van der Waals surface area (Å²) >= 11 is -0.192. The van der Waals surface area contributed by atoms with Gasteiger partial charge in [-0.25, -0.2) is 4.39 Å². The van der Waals surface area contributed by atoms with Crippen LogP contribution in [0.3, 0.4) is 0 Å². The first-order valence-corrected chi connectivity index (χ1v) is 4.91. The highest BCUT2D eigenvalue weighted by atomic mass is 32.2. The predicted octanol–water partition coefficient (Wildman–Crippen LogP) is 3.43. The van der Waals surface area contributed by atoms with Gasteiger partial charge in [-0.2, -0.15) is 13.2 Å². The summed E-state index contributed by atoms with van der Waals surface area (Å²) in [7, 11) is 0. The van der Waals surface area contributed by atoms with E-state index in [2.05, 4.69) is 11.8 Å². The highest BCUT2D eigenvalue weighted by Gasteiger charge is 2.26. The van der Waals surface area contributed by atoms with Gasteiger partial charge in [-0.3, -0.25) is 0 Å². The van der Waals surface area contributed by atoms with Gasteiger partial charge >= 0.3 is 5.51 Å². The van der Waals surface area contributed by atoms with E-state index >= 15 is 0 Å². The normalized spacial score (nSPS) is 10.7. The molecule has 0 saturated carbocycles. The van der Waals surface area contributed by atoms with Gasteiger partial charge in [0, 0.05) is 5.56 Å². The topological polar surface area (TPSA) is 0 Å². The third-order valence-electron chi connectivity index (χ3n) is 1.38. The lowest BCUT2D eigenvalue weighted by Gasteiger charge is -1.99. The smallest absolute Gasteiger partial charge is 0.207 e. The monoisotopic (exact) mass is 234 g/mol. The van der Waals surface area contributed by atoms with E-state index in [9.17, 15) is 17.6 Å². The van der Waals surface area contributed by atoms with E-state index in [0.717, 1.165) is 0 Å². The molecule has 0 bridgehead atoms. The van der Waals surface area contributed by atoms with Crippen molar-refractivity contribution in [2.75, 3.05) is 5.75 Å². The van der Waals surface area contributed by atoms with Gasteiger partial charge in [0.2, 0.25) is 0 Å². The van der Waals surface area contributed by atoms with Crippen LogP contribution in [0.15, 0.2) is 24.3 Å². The zero-order valence-electron chi connectivity index (χ0n) is 7.44. The zero-order valence-corrected chi connectivity index (χ0v) is 8.25. The first-order valence-electron chi connectivity index (χ1n) is 3.92. The minimum atomic E-state index is -4.25. The molecular formula is C10H6F4S. The summed E-state index contributed by atoms with van der Waals surface area (Å²) in [5.74, 6) is 4.14. The van der Waals surface area contributed by atoms with E-state index in [-0.39, 0.29) is 17.5 Å². The van der Waals surface area contributed by atoms with E-state index < -0.39 is 11.3 Å². The number of rotatable bonds is 1. The predicted molar refractivity (Wildman–Crippen MR) is 51.8 cm³/mol. The van der Waals surface area contributed by atoms with Crippen molar-refractivity contribution < 1.29 is 17.6 Å². The highest BCUT2D eigenvalue weighted by Crippen LogP contribution is 2.29. The molecule has 0 nitrogen and oxygen atoms in total. The fraction of sp³-hybridized carbons (Fsp3) is 0.200. The van der Waals surface area contributed by atoms with Crippen molar-refractivity contribution in [2.24, 2.45) is 0 Å². The van der Waals surface area contributed by atoms with Gasteiger partial charge in [0.1, 0.15) is 5.82 Å². The van der Waals surface area contributed by atoms with Crippen LogP contribution < -0.4 is 0 Å². The molecular weight excluding hydrogens is 228 g/mol. The van der Waals surface area contributed by atoms with E-state index in [0.29, 0.717) is 5.56 Å². The number of halogens is 4. The summed E-state index contributed by atoms with van der Waals surface area (Å²) in [5.41, 5.74) is -3.75. The molecule has 0 atom stereocenters. The Bertz CT molecular complexity index is 369. The van der Waals surface area contributed by atoms with E-state index in [1.54, 1.807) is 0 Å². The van der Waals surface area contributed by atoms with Crippen molar-refractivity contribution >= 4 is 11.8 Å². The average Bonchev–Trinajstić information content (AvgIpc) is 2.14. The van der Waals surface area contributed by atoms with Crippen LogP contribution in [0.2, 0.25) is 0 Å². The largest absolute Gasteiger partial charge is 0.442 e. The van der Waals surface area contributed by atoms with Gasteiger partial charge in [-0.15, -0.1) is 0 Å². The third-order valence-corrected chi connectivity index (χ3v) is 2.00. The molecule has 5 heteroatoms. The van der Waals surface area contributed by atoms with Crippen molar-refractivity contribution in [2.45, 2.75) is 5.51 Å². The van der Waals surface area contributed by atoms with Crippen LogP contribution in [0.5, 0.6) is 0 Å². The summed E-state index contributed by atoms with van der Waals surface area (Å²) in [6.07, 6.45) is 0. The zero-order chi connectivity index (χ0) is 11.3. The van der Waals surface area contributed by atoms with Gasteiger partial charge in [-0.05, 0) is 36.0 Å². The van der Waals surface area contributed by atoms with Crippen LogP contribution in [0, 0.1) is 17.7 Å². The lowest BCUT2D eigenvalue weighted by Crippen LogP contribution is -1.99. The van der Waals surface area contributed by atoms with Gasteiger partial charge in [0.05, 0.1) is 5.75 Å². The second kappa shape index (κ2) is 5.08. The maximum absolute atomic E-state index is 12.4. The Hall–Kier alpha value is -1.15. The Morgan fingerprint density at radius 3 is 2.27 bits per heavy atom. The van der Waals surface area contributed by atoms with Crippen molar-refractivity contribution in [1.82, 2.24) is 0 Å².